The van der Waals surface area contributed by atoms with Gasteiger partial charge in [-0.1, -0.05) is 6.08 Å². The van der Waals surface area contributed by atoms with E-state index in [1.807, 2.05) is 0 Å². The van der Waals surface area contributed by atoms with Crippen molar-refractivity contribution in [3.8, 4) is 0 Å². The van der Waals surface area contributed by atoms with Crippen LogP contribution in [0.1, 0.15) is 44.9 Å². The quantitative estimate of drug-likeness (QED) is 0.837. The van der Waals surface area contributed by atoms with Crippen LogP contribution in [-0.4, -0.2) is 52.6 Å². The molecule has 1 N–H and O–H groups in total. The second-order valence-electron chi connectivity index (χ2n) is 6.11. The van der Waals surface area contributed by atoms with Crippen LogP contribution < -0.4 is 0 Å². The van der Waals surface area contributed by atoms with Gasteiger partial charge >= 0.3 is 0 Å². The maximum absolute atomic E-state index is 12.5. The fourth-order valence-electron chi connectivity index (χ4n) is 3.19. The fraction of sp³-hybridized carbons (Fsp3) is 0.800. The van der Waals surface area contributed by atoms with Crippen molar-refractivity contribution in [3.05, 3.63) is 11.8 Å². The Labute approximate surface area is 115 Å². The van der Waals surface area contributed by atoms with E-state index in [9.17, 15) is 9.90 Å². The summed E-state index contributed by atoms with van der Waals surface area (Å²) in [5, 5.41) is 9.54. The molecule has 2 aliphatic carbocycles. The highest BCUT2D eigenvalue weighted by Crippen LogP contribution is 2.33. The number of allylic oxidation sites excluding steroid dienone is 2. The third kappa shape index (κ3) is 3.18. The van der Waals surface area contributed by atoms with Crippen LogP contribution in [0, 0.1) is 0 Å². The van der Waals surface area contributed by atoms with Crippen molar-refractivity contribution < 1.29 is 9.90 Å². The van der Waals surface area contributed by atoms with Crippen molar-refractivity contribution in [3.63, 3.8) is 0 Å². The molecule has 1 amide bonds. The maximum Gasteiger partial charge on any atom is 0.241 e. The Morgan fingerprint density at radius 2 is 2.21 bits per heavy atom. The molecule has 0 radical (unpaired) electrons. The van der Waals surface area contributed by atoms with E-state index in [1.165, 1.54) is 18.5 Å². The lowest BCUT2D eigenvalue weighted by molar-refractivity contribution is -0.131. The Morgan fingerprint density at radius 3 is 2.79 bits per heavy atom. The number of hydrogen-bond donors (Lipinski definition) is 1. The van der Waals surface area contributed by atoms with E-state index < -0.39 is 0 Å². The molecule has 1 saturated heterocycles. The number of nitrogens with zero attached hydrogens (tertiary/aromatic N) is 2. The summed E-state index contributed by atoms with van der Waals surface area (Å²) in [5.41, 5.74) is 1.26. The first-order valence-electron chi connectivity index (χ1n) is 7.65. The number of amides is 1. The summed E-state index contributed by atoms with van der Waals surface area (Å²) in [6.07, 6.45) is 9.80. The maximum atomic E-state index is 12.5. The zero-order valence-electron chi connectivity index (χ0n) is 11.6. The Bertz CT molecular complexity index is 376. The van der Waals surface area contributed by atoms with Crippen molar-refractivity contribution in [2.75, 3.05) is 19.6 Å². The molecule has 0 bridgehead atoms. The minimum atomic E-state index is -0.240. The Morgan fingerprint density at radius 1 is 1.37 bits per heavy atom. The third-order valence-electron chi connectivity index (χ3n) is 4.36. The Balaban J connectivity index is 1.63. The first kappa shape index (κ1) is 13.1. The topological polar surface area (TPSA) is 43.8 Å². The van der Waals surface area contributed by atoms with Crippen LogP contribution in [0.2, 0.25) is 0 Å². The molecule has 0 aromatic heterocycles. The highest BCUT2D eigenvalue weighted by atomic mass is 16.3. The largest absolute Gasteiger partial charge is 0.392 e. The second kappa shape index (κ2) is 5.63. The van der Waals surface area contributed by atoms with Crippen LogP contribution in [-0.2, 0) is 4.79 Å². The molecule has 3 aliphatic rings. The van der Waals surface area contributed by atoms with Gasteiger partial charge in [-0.05, 0) is 44.9 Å². The predicted octanol–water partition coefficient (Wildman–Crippen LogP) is 1.50. The van der Waals surface area contributed by atoms with E-state index in [0.717, 1.165) is 38.6 Å². The lowest BCUT2D eigenvalue weighted by Gasteiger charge is -2.29. The van der Waals surface area contributed by atoms with Gasteiger partial charge in [0.1, 0.15) is 0 Å². The summed E-state index contributed by atoms with van der Waals surface area (Å²) in [7, 11) is 0. The average Bonchev–Trinajstić information content (AvgIpc) is 3.14. The van der Waals surface area contributed by atoms with Gasteiger partial charge in [-0.25, -0.2) is 0 Å². The van der Waals surface area contributed by atoms with Crippen molar-refractivity contribution in [1.29, 1.82) is 0 Å². The molecule has 2 fully saturated rings. The van der Waals surface area contributed by atoms with Crippen molar-refractivity contribution >= 4 is 5.91 Å². The molecule has 0 unspecified atom stereocenters. The van der Waals surface area contributed by atoms with Gasteiger partial charge in [0.05, 0.1) is 12.6 Å². The van der Waals surface area contributed by atoms with Crippen molar-refractivity contribution in [2.24, 2.45) is 0 Å². The minimum absolute atomic E-state index is 0.240. The lowest BCUT2D eigenvalue weighted by atomic mass is 10.0. The van der Waals surface area contributed by atoms with Crippen molar-refractivity contribution in [1.82, 2.24) is 9.80 Å². The van der Waals surface area contributed by atoms with Gasteiger partial charge in [0.25, 0.3) is 0 Å². The molecular weight excluding hydrogens is 240 g/mol. The number of aliphatic hydroxyl groups excluding tert-OH is 1. The Kier molecular flexibility index (Phi) is 3.89. The summed E-state index contributed by atoms with van der Waals surface area (Å²) >= 11 is 0. The van der Waals surface area contributed by atoms with E-state index >= 15 is 0 Å². The number of aliphatic hydroxyl groups is 1. The molecule has 3 rings (SSSR count). The molecule has 19 heavy (non-hydrogen) atoms. The number of carbonyl (C=O) groups excluding carboxylic acids is 1. The molecule has 1 aliphatic heterocycles. The summed E-state index contributed by atoms with van der Waals surface area (Å²) in [4.78, 5) is 16.7. The highest BCUT2D eigenvalue weighted by molar-refractivity contribution is 5.81. The summed E-state index contributed by atoms with van der Waals surface area (Å²) in [6, 6.07) is 0.462. The van der Waals surface area contributed by atoms with Crippen molar-refractivity contribution in [2.45, 2.75) is 57.1 Å². The van der Waals surface area contributed by atoms with E-state index in [-0.39, 0.29) is 12.0 Å². The zero-order chi connectivity index (χ0) is 13.2. The lowest BCUT2D eigenvalue weighted by Crippen LogP contribution is -2.41. The van der Waals surface area contributed by atoms with Crippen LogP contribution in [0.3, 0.4) is 0 Å². The van der Waals surface area contributed by atoms with E-state index in [4.69, 9.17) is 0 Å². The molecule has 4 nitrogen and oxygen atoms in total. The smallest absolute Gasteiger partial charge is 0.241 e. The van der Waals surface area contributed by atoms with Gasteiger partial charge in [-0.3, -0.25) is 9.69 Å². The standard InChI is InChI=1S/C15H24N2O2/c18-14-8-9-16(10-14)11-15(19)17(13-6-7-13)12-4-2-1-3-5-12/h4,13-14,18H,1-3,5-11H2/t14-/m0/s1. The molecule has 0 aromatic carbocycles. The number of likely N-dealkylation sites (tertiary alicyclic amines) is 1. The van der Waals surface area contributed by atoms with Gasteiger partial charge in [0, 0.05) is 24.8 Å². The fourth-order valence-corrected chi connectivity index (χ4v) is 3.19. The van der Waals surface area contributed by atoms with Gasteiger partial charge < -0.3 is 10.0 Å². The zero-order valence-corrected chi connectivity index (χ0v) is 11.6. The van der Waals surface area contributed by atoms with Crippen LogP contribution in [0.15, 0.2) is 11.8 Å². The SMILES string of the molecule is O=C(CN1CC[C@H](O)C1)N(C1=CCCCC1)C1CC1. The molecule has 106 valence electrons. The number of carbonyl (C=O) groups is 1. The third-order valence-corrected chi connectivity index (χ3v) is 4.36. The molecule has 4 heteroatoms. The average molecular weight is 264 g/mol. The van der Waals surface area contributed by atoms with Crippen LogP contribution in [0.4, 0.5) is 0 Å². The normalized spacial score (nSPS) is 28.3. The summed E-state index contributed by atoms with van der Waals surface area (Å²) in [6.45, 7) is 1.98. The summed E-state index contributed by atoms with van der Waals surface area (Å²) in [5.74, 6) is 0.241. The highest BCUT2D eigenvalue weighted by Gasteiger charge is 2.36. The van der Waals surface area contributed by atoms with E-state index in [0.29, 0.717) is 19.1 Å². The number of β-amino-alcohol motifs (C(OH)–C–C–N with tert-alkyl or cyclic N) is 1. The first-order chi connectivity index (χ1) is 9.24. The van der Waals surface area contributed by atoms with Crippen LogP contribution >= 0.6 is 0 Å². The monoisotopic (exact) mass is 264 g/mol. The van der Waals surface area contributed by atoms with Crippen LogP contribution in [0.5, 0.6) is 0 Å². The minimum Gasteiger partial charge on any atom is -0.392 e. The number of hydrogen-bond acceptors (Lipinski definition) is 3. The van der Waals surface area contributed by atoms with Gasteiger partial charge in [-0.15, -0.1) is 0 Å². The predicted molar refractivity (Wildman–Crippen MR) is 73.5 cm³/mol. The molecule has 0 spiro atoms. The first-order valence-corrected chi connectivity index (χ1v) is 7.65. The molecular formula is C15H24N2O2. The van der Waals surface area contributed by atoms with Gasteiger partial charge in [-0.2, -0.15) is 0 Å². The van der Waals surface area contributed by atoms with Gasteiger partial charge in [0.15, 0.2) is 0 Å². The van der Waals surface area contributed by atoms with E-state index in [1.54, 1.807) is 0 Å². The molecule has 1 heterocycles. The van der Waals surface area contributed by atoms with Gasteiger partial charge in [0.2, 0.25) is 5.91 Å². The summed E-state index contributed by atoms with van der Waals surface area (Å²) < 4.78 is 0. The Hall–Kier alpha value is -0.870. The van der Waals surface area contributed by atoms with E-state index in [2.05, 4.69) is 15.9 Å². The molecule has 0 aromatic rings. The van der Waals surface area contributed by atoms with Crippen LogP contribution in [0.25, 0.3) is 0 Å². The molecule has 1 atom stereocenters. The second-order valence-corrected chi connectivity index (χ2v) is 6.11. The molecule has 1 saturated carbocycles. The number of rotatable bonds is 4.